The van der Waals surface area contributed by atoms with Crippen LogP contribution in [-0.2, 0) is 0 Å². The zero-order valence-electron chi connectivity index (χ0n) is 9.94. The molecule has 0 radical (unpaired) electrons. The van der Waals surface area contributed by atoms with Crippen molar-refractivity contribution in [2.75, 3.05) is 0 Å². The predicted octanol–water partition coefficient (Wildman–Crippen LogP) is 3.23. The Bertz CT molecular complexity index is 468. The molecule has 0 fully saturated rings. The van der Waals surface area contributed by atoms with E-state index in [9.17, 15) is 4.79 Å². The molecule has 2 aromatic rings. The Morgan fingerprint density at radius 3 is 2.76 bits per heavy atom. The van der Waals surface area contributed by atoms with Gasteiger partial charge in [0, 0.05) is 0 Å². The van der Waals surface area contributed by atoms with Gasteiger partial charge in [0.1, 0.15) is 0 Å². The molecule has 90 valence electrons. The minimum atomic E-state index is 0.267. The zero-order valence-corrected chi connectivity index (χ0v) is 13.4. The molecule has 0 amide bonds. The third-order valence-electron chi connectivity index (χ3n) is 2.65. The Balaban J connectivity index is 2.01. The summed E-state index contributed by atoms with van der Waals surface area (Å²) in [6, 6.07) is 8.55. The van der Waals surface area contributed by atoms with Crippen LogP contribution in [0.2, 0.25) is 0 Å². The first-order valence-corrected chi connectivity index (χ1v) is 9.54. The SMILES string of the molecule is CCCCCC(=O)c1ccc(-c2ccc[se]2)[se]1. The summed E-state index contributed by atoms with van der Waals surface area (Å²) in [5.74, 6) is 0.378. The van der Waals surface area contributed by atoms with E-state index in [1.165, 1.54) is 21.7 Å². The molecule has 0 bridgehead atoms. The molecule has 2 aromatic heterocycles. The van der Waals surface area contributed by atoms with Gasteiger partial charge in [-0.05, 0) is 0 Å². The topological polar surface area (TPSA) is 17.1 Å². The maximum absolute atomic E-state index is 12.0. The number of hydrogen-bond acceptors (Lipinski definition) is 1. The average molecular weight is 358 g/mol. The van der Waals surface area contributed by atoms with Crippen LogP contribution in [0.5, 0.6) is 0 Å². The molecule has 0 saturated carbocycles. The van der Waals surface area contributed by atoms with E-state index in [0.717, 1.165) is 17.3 Å². The summed E-state index contributed by atoms with van der Waals surface area (Å²) in [5.41, 5.74) is 0. The summed E-state index contributed by atoms with van der Waals surface area (Å²) in [5, 5.41) is 0. The first kappa shape index (κ1) is 13.1. The standard InChI is InChI=1S/C14H16OSe2/c1-2-3-4-6-11(15)12-8-9-14(17-12)13-7-5-10-16-13/h5,7-10H,2-4,6H2,1H3. The number of carbonyl (C=O) groups is 1. The Morgan fingerprint density at radius 1 is 1.18 bits per heavy atom. The number of Topliss-reactive ketones (excluding diaryl/α,β-unsaturated/α-hetero) is 1. The van der Waals surface area contributed by atoms with Crippen LogP contribution >= 0.6 is 0 Å². The van der Waals surface area contributed by atoms with Crippen molar-refractivity contribution in [2.24, 2.45) is 0 Å². The number of carbonyl (C=O) groups excluding carboxylic acids is 1. The van der Waals surface area contributed by atoms with Gasteiger partial charge in [0.15, 0.2) is 0 Å². The van der Waals surface area contributed by atoms with Crippen LogP contribution < -0.4 is 0 Å². The zero-order chi connectivity index (χ0) is 12.1. The number of hydrogen-bond donors (Lipinski definition) is 0. The molecule has 0 aliphatic carbocycles. The van der Waals surface area contributed by atoms with Crippen LogP contribution in [0.1, 0.15) is 41.8 Å². The molecule has 0 N–H and O–H groups in total. The first-order valence-electron chi connectivity index (χ1n) is 5.98. The normalized spacial score (nSPS) is 10.6. The van der Waals surface area contributed by atoms with Crippen LogP contribution in [0.15, 0.2) is 29.2 Å². The maximum atomic E-state index is 12.0. The van der Waals surface area contributed by atoms with Crippen molar-refractivity contribution in [3.8, 4) is 8.87 Å². The molecule has 0 unspecified atom stereocenters. The van der Waals surface area contributed by atoms with Crippen LogP contribution in [0.4, 0.5) is 0 Å². The fourth-order valence-electron chi connectivity index (χ4n) is 1.70. The summed E-state index contributed by atoms with van der Waals surface area (Å²) in [6.45, 7) is 2.17. The Hall–Kier alpha value is -0.331. The molecule has 3 heteroatoms. The Labute approximate surface area is 114 Å². The average Bonchev–Trinajstić information content (AvgIpc) is 3.00. The second-order valence-electron chi connectivity index (χ2n) is 4.02. The fourth-order valence-corrected chi connectivity index (χ4v) is 5.90. The van der Waals surface area contributed by atoms with E-state index in [0.29, 0.717) is 20.3 Å². The summed E-state index contributed by atoms with van der Waals surface area (Å²) in [4.78, 5) is 14.2. The number of rotatable bonds is 6. The van der Waals surface area contributed by atoms with Gasteiger partial charge in [0.25, 0.3) is 0 Å². The van der Waals surface area contributed by atoms with E-state index >= 15 is 0 Å². The van der Waals surface area contributed by atoms with Crippen LogP contribution in [0.25, 0.3) is 8.87 Å². The molecular weight excluding hydrogens is 342 g/mol. The van der Waals surface area contributed by atoms with Gasteiger partial charge in [-0.1, -0.05) is 0 Å². The molecule has 0 spiro atoms. The van der Waals surface area contributed by atoms with Gasteiger partial charge in [0.2, 0.25) is 0 Å². The monoisotopic (exact) mass is 360 g/mol. The molecule has 0 aromatic carbocycles. The van der Waals surface area contributed by atoms with Crippen LogP contribution in [-0.4, -0.2) is 34.8 Å². The Morgan fingerprint density at radius 2 is 2.06 bits per heavy atom. The van der Waals surface area contributed by atoms with E-state index < -0.39 is 0 Å². The Kier molecular flexibility index (Phi) is 5.06. The van der Waals surface area contributed by atoms with E-state index in [-0.39, 0.29) is 14.5 Å². The van der Waals surface area contributed by atoms with Gasteiger partial charge in [0.05, 0.1) is 0 Å². The van der Waals surface area contributed by atoms with Crippen molar-refractivity contribution in [2.45, 2.75) is 32.6 Å². The van der Waals surface area contributed by atoms with Crippen molar-refractivity contribution < 1.29 is 4.79 Å². The molecule has 2 rings (SSSR count). The van der Waals surface area contributed by atoms with Crippen LogP contribution in [0.3, 0.4) is 0 Å². The predicted molar refractivity (Wildman–Crippen MR) is 74.2 cm³/mol. The summed E-state index contributed by atoms with van der Waals surface area (Å²) < 4.78 is 3.96. The van der Waals surface area contributed by atoms with Crippen molar-refractivity contribution in [1.82, 2.24) is 0 Å². The number of ketones is 1. The van der Waals surface area contributed by atoms with Crippen molar-refractivity contribution in [3.63, 3.8) is 0 Å². The van der Waals surface area contributed by atoms with Gasteiger partial charge in [-0.15, -0.1) is 0 Å². The van der Waals surface area contributed by atoms with Crippen LogP contribution in [0, 0.1) is 0 Å². The van der Waals surface area contributed by atoms with E-state index in [4.69, 9.17) is 0 Å². The fraction of sp³-hybridized carbons (Fsp3) is 0.357. The molecule has 0 aliphatic heterocycles. The molecule has 1 nitrogen and oxygen atoms in total. The molecule has 0 saturated heterocycles. The molecule has 17 heavy (non-hydrogen) atoms. The molecule has 2 heterocycles. The second kappa shape index (κ2) is 6.56. The summed E-state index contributed by atoms with van der Waals surface area (Å²) in [7, 11) is 0. The van der Waals surface area contributed by atoms with Gasteiger partial charge in [-0.2, -0.15) is 0 Å². The molecule has 0 atom stereocenters. The minimum absolute atomic E-state index is 0.267. The second-order valence-corrected chi connectivity index (χ2v) is 8.28. The van der Waals surface area contributed by atoms with Crippen molar-refractivity contribution in [1.29, 1.82) is 0 Å². The van der Waals surface area contributed by atoms with Crippen molar-refractivity contribution >= 4 is 34.8 Å². The summed E-state index contributed by atoms with van der Waals surface area (Å²) in [6.07, 6.45) is 4.14. The third-order valence-corrected chi connectivity index (χ3v) is 7.64. The van der Waals surface area contributed by atoms with Crippen molar-refractivity contribution in [3.05, 3.63) is 33.6 Å². The van der Waals surface area contributed by atoms with Gasteiger partial charge in [-0.3, -0.25) is 0 Å². The van der Waals surface area contributed by atoms with Gasteiger partial charge < -0.3 is 0 Å². The number of unbranched alkanes of at least 4 members (excludes halogenated alkanes) is 2. The van der Waals surface area contributed by atoms with E-state index in [2.05, 4.69) is 36.1 Å². The van der Waals surface area contributed by atoms with Gasteiger partial charge >= 0.3 is 115 Å². The summed E-state index contributed by atoms with van der Waals surface area (Å²) >= 11 is 0.769. The van der Waals surface area contributed by atoms with E-state index in [1.807, 2.05) is 0 Å². The first-order chi connectivity index (χ1) is 8.31. The quantitative estimate of drug-likeness (QED) is 0.440. The third kappa shape index (κ3) is 3.56. The molecular formula is C14H16OSe2. The van der Waals surface area contributed by atoms with E-state index in [1.54, 1.807) is 0 Å². The van der Waals surface area contributed by atoms with Gasteiger partial charge in [-0.25, -0.2) is 0 Å². The molecule has 0 aliphatic rings.